The van der Waals surface area contributed by atoms with E-state index in [0.29, 0.717) is 5.96 Å². The highest BCUT2D eigenvalue weighted by Crippen LogP contribution is 2.36. The number of nitrogens with zero attached hydrogens (tertiary/aromatic N) is 2. The zero-order valence-electron chi connectivity index (χ0n) is 12.4. The summed E-state index contributed by atoms with van der Waals surface area (Å²) >= 11 is 3.63. The molecule has 3 nitrogen and oxygen atoms in total. The molecule has 0 saturated carbocycles. The number of hydrogen-bond acceptors (Lipinski definition) is 3. The number of para-hydroxylation sites is 1. The van der Waals surface area contributed by atoms with Crippen molar-refractivity contribution in [1.82, 2.24) is 0 Å². The summed E-state index contributed by atoms with van der Waals surface area (Å²) in [6.45, 7) is 5.29. The smallest absolute Gasteiger partial charge is 0.196 e. The van der Waals surface area contributed by atoms with E-state index in [1.807, 2.05) is 12.1 Å². The summed E-state index contributed by atoms with van der Waals surface area (Å²) in [5.41, 5.74) is 7.26. The van der Waals surface area contributed by atoms with E-state index in [4.69, 9.17) is 5.73 Å². The summed E-state index contributed by atoms with van der Waals surface area (Å²) in [6.07, 6.45) is 6.22. The molecule has 1 aliphatic rings. The molecule has 1 atom stereocenters. The molecule has 1 aliphatic heterocycles. The number of guanidine groups is 1. The number of anilines is 1. The van der Waals surface area contributed by atoms with Gasteiger partial charge in [-0.3, -0.25) is 4.99 Å². The number of unbranched alkanes of at least 4 members (excludes halogenated alkanes) is 3. The number of aliphatic imine (C=N–C) groups is 1. The molecule has 0 saturated heterocycles. The standard InChI is InChI=1S/C16H24BrN3/c1-3-4-5-8-11-16(2)12-19-15(18)20(16)14-10-7-6-9-13(14)17/h6-7,9-10H,3-5,8,11-12H2,1-2H3,(H2,18,19). The molecule has 0 aliphatic carbocycles. The lowest BCUT2D eigenvalue weighted by molar-refractivity contribution is 0.434. The Labute approximate surface area is 130 Å². The molecule has 0 aromatic heterocycles. The van der Waals surface area contributed by atoms with Crippen molar-refractivity contribution in [1.29, 1.82) is 0 Å². The Bertz CT molecular complexity index is 486. The lowest BCUT2D eigenvalue weighted by atomic mass is 9.92. The van der Waals surface area contributed by atoms with Crippen molar-refractivity contribution >= 4 is 27.6 Å². The fourth-order valence-corrected chi connectivity index (χ4v) is 3.30. The molecule has 0 radical (unpaired) electrons. The van der Waals surface area contributed by atoms with Crippen molar-refractivity contribution < 1.29 is 0 Å². The van der Waals surface area contributed by atoms with E-state index in [0.717, 1.165) is 23.1 Å². The molecule has 0 spiro atoms. The number of hydrogen-bond donors (Lipinski definition) is 1. The minimum atomic E-state index is 0.00168. The van der Waals surface area contributed by atoms with Crippen molar-refractivity contribution in [3.8, 4) is 0 Å². The quantitative estimate of drug-likeness (QED) is 0.785. The molecule has 20 heavy (non-hydrogen) atoms. The number of rotatable bonds is 6. The first-order valence-corrected chi connectivity index (χ1v) is 8.22. The van der Waals surface area contributed by atoms with Crippen LogP contribution in [0.3, 0.4) is 0 Å². The van der Waals surface area contributed by atoms with Gasteiger partial charge in [-0.05, 0) is 41.4 Å². The number of nitrogens with two attached hydrogens (primary N) is 1. The van der Waals surface area contributed by atoms with Crippen molar-refractivity contribution in [2.75, 3.05) is 11.4 Å². The van der Waals surface area contributed by atoms with Crippen LogP contribution < -0.4 is 10.6 Å². The third kappa shape index (κ3) is 3.17. The summed E-state index contributed by atoms with van der Waals surface area (Å²) < 4.78 is 1.07. The molecule has 0 fully saturated rings. The predicted octanol–water partition coefficient (Wildman–Crippen LogP) is 4.31. The van der Waals surface area contributed by atoms with Crippen LogP contribution in [0.15, 0.2) is 33.7 Å². The van der Waals surface area contributed by atoms with Crippen LogP contribution in [-0.2, 0) is 0 Å². The monoisotopic (exact) mass is 337 g/mol. The Kier molecular flexibility index (Phi) is 5.08. The van der Waals surface area contributed by atoms with Gasteiger partial charge in [-0.15, -0.1) is 0 Å². The van der Waals surface area contributed by atoms with Gasteiger partial charge < -0.3 is 10.6 Å². The molecule has 1 aromatic carbocycles. The van der Waals surface area contributed by atoms with Gasteiger partial charge in [-0.2, -0.15) is 0 Å². The molecule has 1 aromatic rings. The fraction of sp³-hybridized carbons (Fsp3) is 0.562. The van der Waals surface area contributed by atoms with E-state index >= 15 is 0 Å². The largest absolute Gasteiger partial charge is 0.369 e. The minimum absolute atomic E-state index is 0.00168. The second kappa shape index (κ2) is 6.61. The van der Waals surface area contributed by atoms with Crippen LogP contribution in [0, 0.1) is 0 Å². The highest BCUT2D eigenvalue weighted by atomic mass is 79.9. The second-order valence-electron chi connectivity index (χ2n) is 5.77. The summed E-state index contributed by atoms with van der Waals surface area (Å²) in [5.74, 6) is 0.634. The van der Waals surface area contributed by atoms with Gasteiger partial charge in [-0.25, -0.2) is 0 Å². The highest BCUT2D eigenvalue weighted by Gasteiger charge is 2.39. The molecule has 2 N–H and O–H groups in total. The maximum absolute atomic E-state index is 6.14. The molecule has 2 rings (SSSR count). The van der Waals surface area contributed by atoms with Gasteiger partial charge >= 0.3 is 0 Å². The normalized spacial score (nSPS) is 22.1. The average Bonchev–Trinajstić information content (AvgIpc) is 2.72. The fourth-order valence-electron chi connectivity index (χ4n) is 2.84. The summed E-state index contributed by atoms with van der Waals surface area (Å²) in [6, 6.07) is 8.22. The van der Waals surface area contributed by atoms with E-state index in [1.165, 1.54) is 25.7 Å². The Hall–Kier alpha value is -1.03. The Balaban J connectivity index is 2.15. The Morgan fingerprint density at radius 2 is 2.05 bits per heavy atom. The summed E-state index contributed by atoms with van der Waals surface area (Å²) in [4.78, 5) is 6.68. The van der Waals surface area contributed by atoms with Crippen LogP contribution in [0.25, 0.3) is 0 Å². The first kappa shape index (κ1) is 15.4. The van der Waals surface area contributed by atoms with Crippen molar-refractivity contribution in [2.45, 2.75) is 51.5 Å². The number of halogens is 1. The van der Waals surface area contributed by atoms with Crippen molar-refractivity contribution in [3.05, 3.63) is 28.7 Å². The minimum Gasteiger partial charge on any atom is -0.369 e. The zero-order valence-corrected chi connectivity index (χ0v) is 14.0. The van der Waals surface area contributed by atoms with Crippen LogP contribution >= 0.6 is 15.9 Å². The van der Waals surface area contributed by atoms with Crippen LogP contribution in [0.4, 0.5) is 5.69 Å². The van der Waals surface area contributed by atoms with E-state index in [2.05, 4.69) is 51.8 Å². The van der Waals surface area contributed by atoms with Gasteiger partial charge in [0, 0.05) is 4.47 Å². The first-order valence-electron chi connectivity index (χ1n) is 7.43. The Morgan fingerprint density at radius 3 is 2.75 bits per heavy atom. The van der Waals surface area contributed by atoms with E-state index in [1.54, 1.807) is 0 Å². The molecule has 0 amide bonds. The molecular formula is C16H24BrN3. The van der Waals surface area contributed by atoms with Crippen LogP contribution in [0.2, 0.25) is 0 Å². The molecular weight excluding hydrogens is 314 g/mol. The third-order valence-electron chi connectivity index (χ3n) is 4.01. The predicted molar refractivity (Wildman–Crippen MR) is 90.3 cm³/mol. The van der Waals surface area contributed by atoms with Gasteiger partial charge in [0.2, 0.25) is 0 Å². The van der Waals surface area contributed by atoms with E-state index in [-0.39, 0.29) is 5.54 Å². The third-order valence-corrected chi connectivity index (χ3v) is 4.68. The van der Waals surface area contributed by atoms with Crippen LogP contribution in [0.1, 0.15) is 46.0 Å². The number of benzene rings is 1. The van der Waals surface area contributed by atoms with Gasteiger partial charge in [0.05, 0.1) is 17.8 Å². The van der Waals surface area contributed by atoms with Crippen LogP contribution in [-0.4, -0.2) is 18.0 Å². The first-order chi connectivity index (χ1) is 9.58. The summed E-state index contributed by atoms with van der Waals surface area (Å²) in [7, 11) is 0. The maximum atomic E-state index is 6.14. The molecule has 1 unspecified atom stereocenters. The topological polar surface area (TPSA) is 41.6 Å². The molecule has 0 bridgehead atoms. The van der Waals surface area contributed by atoms with E-state index in [9.17, 15) is 0 Å². The maximum Gasteiger partial charge on any atom is 0.196 e. The Morgan fingerprint density at radius 1 is 1.30 bits per heavy atom. The van der Waals surface area contributed by atoms with Gasteiger partial charge in [0.25, 0.3) is 0 Å². The highest BCUT2D eigenvalue weighted by molar-refractivity contribution is 9.10. The lowest BCUT2D eigenvalue weighted by Crippen LogP contribution is -2.50. The molecule has 1 heterocycles. The van der Waals surface area contributed by atoms with Gasteiger partial charge in [0.1, 0.15) is 0 Å². The summed E-state index contributed by atoms with van der Waals surface area (Å²) in [5, 5.41) is 0. The van der Waals surface area contributed by atoms with Gasteiger partial charge in [0.15, 0.2) is 5.96 Å². The van der Waals surface area contributed by atoms with E-state index < -0.39 is 0 Å². The van der Waals surface area contributed by atoms with Crippen molar-refractivity contribution in [2.24, 2.45) is 10.7 Å². The zero-order chi connectivity index (χ0) is 14.6. The molecule has 110 valence electrons. The average molecular weight is 338 g/mol. The molecule has 4 heteroatoms. The van der Waals surface area contributed by atoms with Crippen LogP contribution in [0.5, 0.6) is 0 Å². The van der Waals surface area contributed by atoms with Gasteiger partial charge in [-0.1, -0.05) is 44.7 Å². The van der Waals surface area contributed by atoms with Crippen molar-refractivity contribution in [3.63, 3.8) is 0 Å². The second-order valence-corrected chi connectivity index (χ2v) is 6.62. The lowest BCUT2D eigenvalue weighted by Gasteiger charge is -2.37. The SMILES string of the molecule is CCCCCCC1(C)CN=C(N)N1c1ccccc1Br.